The van der Waals surface area contributed by atoms with Crippen LogP contribution in [0.3, 0.4) is 0 Å². The molecule has 1 aromatic rings. The van der Waals surface area contributed by atoms with Crippen LogP contribution in [0.1, 0.15) is 0 Å². The molecule has 4 nitrogen and oxygen atoms in total. The van der Waals surface area contributed by atoms with Gasteiger partial charge in [0.15, 0.2) is 0 Å². The molecular formula is C2H4IN4+. The molecule has 0 amide bonds. The fourth-order valence-electron chi connectivity index (χ4n) is 0.221. The first-order valence-corrected chi connectivity index (χ1v) is 2.86. The summed E-state index contributed by atoms with van der Waals surface area (Å²) in [6.07, 6.45) is 0. The van der Waals surface area contributed by atoms with Crippen molar-refractivity contribution in [3.8, 4) is 0 Å². The maximum Gasteiger partial charge on any atom is 0.392 e. The van der Waals surface area contributed by atoms with Gasteiger partial charge < -0.3 is 0 Å². The number of rotatable bonds is 0. The summed E-state index contributed by atoms with van der Waals surface area (Å²) >= 11 is 1.78. The van der Waals surface area contributed by atoms with Crippen LogP contribution in [0.4, 0.5) is 0 Å². The molecule has 0 unspecified atom stereocenters. The second kappa shape index (κ2) is 1.73. The van der Waals surface area contributed by atoms with E-state index in [9.17, 15) is 0 Å². The molecule has 0 aromatic carbocycles. The third-order valence-electron chi connectivity index (χ3n) is 0.581. The fraction of sp³-hybridized carbons (Fsp3) is 0.500. The number of aryl methyl sites for hydroxylation is 1. The predicted molar refractivity (Wildman–Crippen MR) is 18.9 cm³/mol. The minimum absolute atomic E-state index is 0.843. The zero-order valence-corrected chi connectivity index (χ0v) is 6.03. The van der Waals surface area contributed by atoms with Crippen LogP contribution in [0.25, 0.3) is 0 Å². The Morgan fingerprint density at radius 3 is 2.57 bits per heavy atom. The summed E-state index contributed by atoms with van der Waals surface area (Å²) in [5.74, 6) is 0. The van der Waals surface area contributed by atoms with E-state index in [-0.39, 0.29) is 0 Å². The Labute approximate surface area is 54.0 Å². The lowest BCUT2D eigenvalue weighted by molar-refractivity contribution is -0.352. The van der Waals surface area contributed by atoms with Crippen LogP contribution in [0.15, 0.2) is 0 Å². The summed E-state index contributed by atoms with van der Waals surface area (Å²) in [5, 5.41) is 10.6. The molecule has 38 valence electrons. The van der Waals surface area contributed by atoms with Gasteiger partial charge in [-0.1, -0.05) is 5.10 Å². The van der Waals surface area contributed by atoms with Gasteiger partial charge >= 0.3 is 26.4 Å². The molecular weight excluding hydrogens is 207 g/mol. The minimum Gasteiger partial charge on any atom is -0.190 e. The molecule has 1 aromatic heterocycles. The largest absolute Gasteiger partial charge is 0.392 e. The van der Waals surface area contributed by atoms with Gasteiger partial charge in [0.25, 0.3) is 0 Å². The third kappa shape index (κ3) is 0.872. The van der Waals surface area contributed by atoms with Crippen LogP contribution in [0, 0.1) is 3.83 Å². The molecule has 0 saturated heterocycles. The molecule has 0 aliphatic carbocycles. The second-order valence-electron chi connectivity index (χ2n) is 1.09. The molecule has 5 heteroatoms. The Morgan fingerprint density at radius 2 is 2.43 bits per heavy atom. The summed E-state index contributed by atoms with van der Waals surface area (Å²) in [6, 6.07) is 0. The molecule has 1 rings (SSSR count). The van der Waals surface area contributed by atoms with Gasteiger partial charge in [0.05, 0.1) is 0 Å². The Hall–Kier alpha value is -0.200. The molecule has 0 saturated carbocycles. The number of tetrazole rings is 1. The van der Waals surface area contributed by atoms with Gasteiger partial charge in [-0.25, -0.2) is 0 Å². The normalized spacial score (nSPS) is 9.43. The number of hydrogen-bond acceptors (Lipinski definition) is 3. The van der Waals surface area contributed by atoms with Gasteiger partial charge in [0.1, 0.15) is 0 Å². The summed E-state index contributed by atoms with van der Waals surface area (Å²) < 4.78 is 2.46. The van der Waals surface area contributed by atoms with E-state index >= 15 is 0 Å². The molecule has 0 aliphatic heterocycles. The molecule has 0 atom stereocenters. The van der Waals surface area contributed by atoms with Crippen LogP contribution in [0.2, 0.25) is 0 Å². The summed E-state index contributed by atoms with van der Waals surface area (Å²) in [7, 11) is 1.80. The van der Waals surface area contributed by atoms with Crippen LogP contribution >= 0.6 is 0 Å². The van der Waals surface area contributed by atoms with E-state index < -0.39 is 0 Å². The van der Waals surface area contributed by atoms with Crippen LogP contribution < -0.4 is 22.6 Å². The Morgan fingerprint density at radius 1 is 1.71 bits per heavy atom. The lowest BCUT2D eigenvalue weighted by atomic mass is 11.2. The molecule has 0 spiro atoms. The van der Waals surface area contributed by atoms with Crippen molar-refractivity contribution >= 4 is 0 Å². The Kier molecular flexibility index (Phi) is 1.22. The highest BCUT2D eigenvalue weighted by atomic mass is 127. The van der Waals surface area contributed by atoms with Crippen molar-refractivity contribution in [1.82, 2.24) is 20.2 Å². The molecule has 0 radical (unpaired) electrons. The number of halogens is 1. The van der Waals surface area contributed by atoms with Gasteiger partial charge in [0.2, 0.25) is 0 Å². The first-order valence-electron chi connectivity index (χ1n) is 1.70. The summed E-state index contributed by atoms with van der Waals surface area (Å²) in [6.45, 7) is 0. The Bertz CT molecular complexity index is 142. The van der Waals surface area contributed by atoms with Crippen molar-refractivity contribution in [3.63, 3.8) is 0 Å². The molecule has 0 bridgehead atoms. The highest BCUT2D eigenvalue weighted by Gasteiger charge is 2.01. The molecule has 0 N–H and O–H groups in total. The van der Waals surface area contributed by atoms with Crippen molar-refractivity contribution < 1.29 is 22.6 Å². The van der Waals surface area contributed by atoms with Gasteiger partial charge in [-0.05, 0) is 10.4 Å². The quantitative estimate of drug-likeness (QED) is 0.407. The lowest BCUT2D eigenvalue weighted by Crippen LogP contribution is -3.35. The second-order valence-corrected chi connectivity index (χ2v) is 2.13. The van der Waals surface area contributed by atoms with Crippen molar-refractivity contribution in [2.75, 3.05) is 0 Å². The van der Waals surface area contributed by atoms with Gasteiger partial charge in [-0.15, -0.1) is 0 Å². The van der Waals surface area contributed by atoms with Gasteiger partial charge in [-0.2, -0.15) is 4.68 Å². The van der Waals surface area contributed by atoms with Gasteiger partial charge in [-0.3, -0.25) is 0 Å². The minimum atomic E-state index is 0.843. The lowest BCUT2D eigenvalue weighted by Gasteiger charge is -1.72. The maximum atomic E-state index is 3.62. The SMILES string of the molecule is Cn1nnnc1[IH+]. The maximum absolute atomic E-state index is 3.62. The highest BCUT2D eigenvalue weighted by Crippen LogP contribution is 1.60. The first kappa shape index (κ1) is 4.95. The third-order valence-corrected chi connectivity index (χ3v) is 1.57. The van der Waals surface area contributed by atoms with E-state index in [0.717, 1.165) is 3.83 Å². The van der Waals surface area contributed by atoms with Crippen LogP contribution in [0.5, 0.6) is 0 Å². The monoisotopic (exact) mass is 211 g/mol. The topological polar surface area (TPSA) is 43.6 Å². The van der Waals surface area contributed by atoms with Crippen molar-refractivity contribution in [3.05, 3.63) is 3.83 Å². The van der Waals surface area contributed by atoms with E-state index in [4.69, 9.17) is 0 Å². The number of hydrogen-bond donors (Lipinski definition) is 0. The van der Waals surface area contributed by atoms with Crippen LogP contribution in [-0.2, 0) is 7.05 Å². The zero-order valence-electron chi connectivity index (χ0n) is 3.70. The van der Waals surface area contributed by atoms with Crippen molar-refractivity contribution in [2.24, 2.45) is 7.05 Å². The molecule has 0 aliphatic rings. The van der Waals surface area contributed by atoms with E-state index in [1.807, 2.05) is 0 Å². The number of aromatic nitrogens is 4. The first-order chi connectivity index (χ1) is 3.30. The zero-order chi connectivity index (χ0) is 5.28. The van der Waals surface area contributed by atoms with E-state index in [0.29, 0.717) is 0 Å². The summed E-state index contributed by atoms with van der Waals surface area (Å²) in [5.41, 5.74) is 0. The van der Waals surface area contributed by atoms with Crippen molar-refractivity contribution in [2.45, 2.75) is 0 Å². The van der Waals surface area contributed by atoms with E-state index in [2.05, 4.69) is 15.5 Å². The van der Waals surface area contributed by atoms with E-state index in [1.165, 1.54) is 0 Å². The average Bonchev–Trinajstić information content (AvgIpc) is 1.91. The predicted octanol–water partition coefficient (Wildman–Crippen LogP) is -4.33. The Balaban J connectivity index is 3.12. The summed E-state index contributed by atoms with van der Waals surface area (Å²) in [4.78, 5) is 0. The van der Waals surface area contributed by atoms with E-state index in [1.54, 1.807) is 34.3 Å². The highest BCUT2D eigenvalue weighted by molar-refractivity contribution is 4.34. The van der Waals surface area contributed by atoms with Gasteiger partial charge in [0, 0.05) is 7.05 Å². The fourth-order valence-corrected chi connectivity index (χ4v) is 0.430. The number of nitrogens with zero attached hydrogens (tertiary/aromatic N) is 4. The van der Waals surface area contributed by atoms with Crippen LogP contribution in [-0.4, -0.2) is 20.2 Å². The molecule has 7 heavy (non-hydrogen) atoms. The smallest absolute Gasteiger partial charge is 0.190 e. The average molecular weight is 211 g/mol. The van der Waals surface area contributed by atoms with Crippen molar-refractivity contribution in [1.29, 1.82) is 0 Å². The molecule has 0 fully saturated rings. The standard InChI is InChI=1S/C2H4IN4/c1-7-2(3)4-5-6-7/h3H,1H3/q+1. The molecule has 1 heterocycles.